The van der Waals surface area contributed by atoms with Crippen molar-refractivity contribution in [1.82, 2.24) is 14.5 Å². The van der Waals surface area contributed by atoms with Gasteiger partial charge in [-0.25, -0.2) is 13.1 Å². The predicted molar refractivity (Wildman–Crippen MR) is 90.3 cm³/mol. The van der Waals surface area contributed by atoms with Crippen molar-refractivity contribution < 1.29 is 13.2 Å². The van der Waals surface area contributed by atoms with Crippen LogP contribution in [0.1, 0.15) is 22.5 Å². The molecular formula is C16H20N4O3S. The molecule has 1 amide bonds. The Morgan fingerprint density at radius 3 is 2.58 bits per heavy atom. The van der Waals surface area contributed by atoms with E-state index in [9.17, 15) is 13.2 Å². The molecule has 0 radical (unpaired) electrons. The van der Waals surface area contributed by atoms with Gasteiger partial charge in [-0.3, -0.25) is 9.48 Å². The molecule has 0 spiro atoms. The van der Waals surface area contributed by atoms with Gasteiger partial charge in [0.05, 0.1) is 17.0 Å². The molecule has 0 aliphatic carbocycles. The third-order valence-corrected chi connectivity index (χ3v) is 5.94. The number of aromatic nitrogens is 2. The van der Waals surface area contributed by atoms with E-state index in [4.69, 9.17) is 0 Å². The van der Waals surface area contributed by atoms with Crippen LogP contribution >= 0.6 is 0 Å². The van der Waals surface area contributed by atoms with E-state index in [0.717, 1.165) is 28.2 Å². The van der Waals surface area contributed by atoms with Gasteiger partial charge in [-0.05, 0) is 37.6 Å². The van der Waals surface area contributed by atoms with Gasteiger partial charge in [0.15, 0.2) is 0 Å². The fraction of sp³-hybridized carbons (Fsp3) is 0.375. The van der Waals surface area contributed by atoms with Crippen molar-refractivity contribution in [3.05, 3.63) is 40.7 Å². The average molecular weight is 348 g/mol. The number of likely N-dealkylation sites (N-methyl/N-ethyl adjacent to an activating group) is 1. The first-order chi connectivity index (χ1) is 11.2. The average Bonchev–Trinajstić information content (AvgIpc) is 2.94. The van der Waals surface area contributed by atoms with Gasteiger partial charge in [-0.2, -0.15) is 5.10 Å². The summed E-state index contributed by atoms with van der Waals surface area (Å²) in [4.78, 5) is 13.4. The molecule has 2 aromatic rings. The number of amides is 1. The Bertz CT molecular complexity index is 931. The summed E-state index contributed by atoms with van der Waals surface area (Å²) in [5, 5.41) is 4.29. The van der Waals surface area contributed by atoms with Crippen molar-refractivity contribution in [2.45, 2.75) is 31.7 Å². The van der Waals surface area contributed by atoms with Gasteiger partial charge in [0, 0.05) is 37.6 Å². The number of carbonyl (C=O) groups excluding carboxylic acids is 1. The highest BCUT2D eigenvalue weighted by molar-refractivity contribution is 7.89. The summed E-state index contributed by atoms with van der Waals surface area (Å²) < 4.78 is 29.5. The van der Waals surface area contributed by atoms with Crippen molar-refractivity contribution in [3.63, 3.8) is 0 Å². The number of hydrogen-bond acceptors (Lipinski definition) is 4. The van der Waals surface area contributed by atoms with E-state index >= 15 is 0 Å². The number of hydrogen-bond donors (Lipinski definition) is 1. The second-order valence-corrected chi connectivity index (χ2v) is 7.78. The predicted octanol–water partition coefficient (Wildman–Crippen LogP) is 1.03. The van der Waals surface area contributed by atoms with Crippen molar-refractivity contribution in [1.29, 1.82) is 0 Å². The number of anilines is 1. The highest BCUT2D eigenvalue weighted by Crippen LogP contribution is 2.29. The fourth-order valence-corrected chi connectivity index (χ4v) is 3.98. The maximum absolute atomic E-state index is 12.6. The van der Waals surface area contributed by atoms with Crippen molar-refractivity contribution in [2.75, 3.05) is 11.9 Å². The smallest absolute Gasteiger partial charge is 0.240 e. The van der Waals surface area contributed by atoms with Crippen LogP contribution in [0.15, 0.2) is 23.1 Å². The zero-order valence-electron chi connectivity index (χ0n) is 14.1. The van der Waals surface area contributed by atoms with Gasteiger partial charge < -0.3 is 4.90 Å². The van der Waals surface area contributed by atoms with E-state index < -0.39 is 10.0 Å². The van der Waals surface area contributed by atoms with Crippen LogP contribution in [-0.4, -0.2) is 31.2 Å². The SMILES string of the molecule is Cc1nn(C)c(C)c1CNS(=O)(=O)c1ccc2c(c1)CC(=O)N2C. The minimum Gasteiger partial charge on any atom is -0.315 e. The Balaban J connectivity index is 1.84. The number of benzene rings is 1. The quantitative estimate of drug-likeness (QED) is 0.894. The maximum atomic E-state index is 12.6. The van der Waals surface area contributed by atoms with E-state index in [1.165, 1.54) is 6.07 Å². The van der Waals surface area contributed by atoms with Gasteiger partial charge in [-0.1, -0.05) is 0 Å². The van der Waals surface area contributed by atoms with Crippen LogP contribution in [0.2, 0.25) is 0 Å². The standard InChI is InChI=1S/C16H20N4O3S/c1-10-14(11(2)20(4)18-10)9-17-24(22,23)13-5-6-15-12(7-13)8-16(21)19(15)3/h5-7,17H,8-9H2,1-4H3. The zero-order chi connectivity index (χ0) is 17.6. The third-order valence-electron chi connectivity index (χ3n) is 4.54. The van der Waals surface area contributed by atoms with Crippen molar-refractivity contribution in [2.24, 2.45) is 7.05 Å². The van der Waals surface area contributed by atoms with Gasteiger partial charge in [0.25, 0.3) is 0 Å². The molecule has 24 heavy (non-hydrogen) atoms. The number of fused-ring (bicyclic) bond motifs is 1. The minimum atomic E-state index is -3.66. The number of sulfonamides is 1. The summed E-state index contributed by atoms with van der Waals surface area (Å²) in [5.41, 5.74) is 4.10. The number of nitrogens with one attached hydrogen (secondary N) is 1. The minimum absolute atomic E-state index is 0.0332. The Morgan fingerprint density at radius 2 is 1.96 bits per heavy atom. The molecule has 1 N–H and O–H groups in total. The topological polar surface area (TPSA) is 84.3 Å². The van der Waals surface area contributed by atoms with E-state index in [-0.39, 0.29) is 23.8 Å². The summed E-state index contributed by atoms with van der Waals surface area (Å²) in [6.07, 6.45) is 0.232. The molecule has 3 rings (SSSR count). The number of carbonyl (C=O) groups is 1. The molecule has 0 bridgehead atoms. The van der Waals surface area contributed by atoms with E-state index in [0.29, 0.717) is 0 Å². The monoisotopic (exact) mass is 348 g/mol. The molecule has 1 aromatic heterocycles. The first kappa shape index (κ1) is 16.7. The third kappa shape index (κ3) is 2.71. The van der Waals surface area contributed by atoms with Gasteiger partial charge in [-0.15, -0.1) is 0 Å². The molecule has 7 nitrogen and oxygen atoms in total. The lowest BCUT2D eigenvalue weighted by Crippen LogP contribution is -2.24. The lowest BCUT2D eigenvalue weighted by molar-refractivity contribution is -0.117. The fourth-order valence-electron chi connectivity index (χ4n) is 2.94. The maximum Gasteiger partial charge on any atom is 0.240 e. The van der Waals surface area contributed by atoms with E-state index in [2.05, 4.69) is 9.82 Å². The molecule has 128 valence electrons. The summed E-state index contributed by atoms with van der Waals surface area (Å²) in [7, 11) is -0.139. The molecule has 0 saturated heterocycles. The summed E-state index contributed by atoms with van der Waals surface area (Å²) in [6.45, 7) is 3.94. The normalized spacial score (nSPS) is 14.3. The highest BCUT2D eigenvalue weighted by Gasteiger charge is 2.26. The van der Waals surface area contributed by atoms with Crippen LogP contribution < -0.4 is 9.62 Å². The number of nitrogens with zero attached hydrogens (tertiary/aromatic N) is 3. The van der Waals surface area contributed by atoms with Crippen molar-refractivity contribution >= 4 is 21.6 Å². The molecule has 1 aliphatic rings. The Labute approximate surface area is 141 Å². The molecule has 0 unspecified atom stereocenters. The van der Waals surface area contributed by atoms with Crippen molar-refractivity contribution in [3.8, 4) is 0 Å². The van der Waals surface area contributed by atoms with Crippen LogP contribution in [0, 0.1) is 13.8 Å². The van der Waals surface area contributed by atoms with Crippen LogP contribution in [0.4, 0.5) is 5.69 Å². The van der Waals surface area contributed by atoms with Gasteiger partial charge in [0.1, 0.15) is 0 Å². The van der Waals surface area contributed by atoms with Gasteiger partial charge >= 0.3 is 0 Å². The lowest BCUT2D eigenvalue weighted by atomic mass is 10.2. The van der Waals surface area contributed by atoms with Crippen LogP contribution in [-0.2, 0) is 34.8 Å². The molecule has 2 heterocycles. The Kier molecular flexibility index (Phi) is 3.97. The second kappa shape index (κ2) is 5.71. The highest BCUT2D eigenvalue weighted by atomic mass is 32.2. The largest absolute Gasteiger partial charge is 0.315 e. The van der Waals surface area contributed by atoms with E-state index in [1.807, 2.05) is 20.9 Å². The lowest BCUT2D eigenvalue weighted by Gasteiger charge is -2.11. The molecule has 1 aliphatic heterocycles. The van der Waals surface area contributed by atoms with Crippen LogP contribution in [0.5, 0.6) is 0 Å². The number of rotatable bonds is 4. The van der Waals surface area contributed by atoms with Crippen LogP contribution in [0.3, 0.4) is 0 Å². The number of aryl methyl sites for hydroxylation is 2. The first-order valence-electron chi connectivity index (χ1n) is 7.59. The Morgan fingerprint density at radius 1 is 1.25 bits per heavy atom. The molecular weight excluding hydrogens is 328 g/mol. The Hall–Kier alpha value is -2.19. The van der Waals surface area contributed by atoms with E-state index in [1.54, 1.807) is 28.8 Å². The molecule has 0 atom stereocenters. The molecule has 0 saturated carbocycles. The molecule has 0 fully saturated rings. The summed E-state index contributed by atoms with van der Waals surface area (Å²) >= 11 is 0. The molecule has 8 heteroatoms. The summed E-state index contributed by atoms with van der Waals surface area (Å²) in [6, 6.07) is 4.77. The van der Waals surface area contributed by atoms with Crippen LogP contribution in [0.25, 0.3) is 0 Å². The zero-order valence-corrected chi connectivity index (χ0v) is 14.9. The second-order valence-electron chi connectivity index (χ2n) is 6.02. The van der Waals surface area contributed by atoms with Gasteiger partial charge in [0.2, 0.25) is 15.9 Å². The molecule has 1 aromatic carbocycles. The first-order valence-corrected chi connectivity index (χ1v) is 9.07. The summed E-state index contributed by atoms with van der Waals surface area (Å²) in [5.74, 6) is -0.0332.